The van der Waals surface area contributed by atoms with Crippen LogP contribution in [0.15, 0.2) is 89.9 Å². The summed E-state index contributed by atoms with van der Waals surface area (Å²) in [6.45, 7) is 3.28. The fourth-order valence-electron chi connectivity index (χ4n) is 4.90. The number of aliphatic hydroxyl groups is 2. The number of aldehydes is 1. The minimum atomic E-state index is -1.75. The van der Waals surface area contributed by atoms with E-state index in [1.807, 2.05) is 66.7 Å². The van der Waals surface area contributed by atoms with E-state index in [9.17, 15) is 19.8 Å². The molecule has 3 atom stereocenters. The number of benzene rings is 3. The van der Waals surface area contributed by atoms with Gasteiger partial charge in [0, 0.05) is 18.5 Å². The van der Waals surface area contributed by atoms with Gasteiger partial charge in [0.15, 0.2) is 6.29 Å². The van der Waals surface area contributed by atoms with Crippen LogP contribution >= 0.6 is 0 Å². The number of rotatable bonds is 11. The van der Waals surface area contributed by atoms with Crippen LogP contribution in [0.1, 0.15) is 42.9 Å². The van der Waals surface area contributed by atoms with E-state index in [1.165, 1.54) is 0 Å². The summed E-state index contributed by atoms with van der Waals surface area (Å²) in [5.41, 5.74) is 3.48. The van der Waals surface area contributed by atoms with E-state index in [-0.39, 0.29) is 34.9 Å². The fraction of sp³-hybridized carbons (Fsp3) is 0.323. The first-order chi connectivity index (χ1) is 18.5. The van der Waals surface area contributed by atoms with Gasteiger partial charge in [-0.2, -0.15) is 0 Å². The number of aliphatic hydroxyl groups excluding tert-OH is 1. The molecule has 2 N–H and O–H groups in total. The zero-order chi connectivity index (χ0) is 26.9. The smallest absolute Gasteiger partial charge is 0.625 e. The number of amides is 1. The quantitative estimate of drug-likeness (QED) is 0.151. The Labute approximate surface area is 239 Å². The molecule has 1 amide bonds. The summed E-state index contributed by atoms with van der Waals surface area (Å²) in [6, 6.07) is 25.5. The minimum absolute atomic E-state index is 0. The largest absolute Gasteiger partial charge is 2.00 e. The molecule has 8 heteroatoms. The first-order valence-corrected chi connectivity index (χ1v) is 13.0. The van der Waals surface area contributed by atoms with E-state index in [0.29, 0.717) is 23.5 Å². The number of nitrogens with zero attached hydrogens (tertiary/aromatic N) is 3. The predicted octanol–water partition coefficient (Wildman–Crippen LogP) is 4.62. The second-order valence-electron chi connectivity index (χ2n) is 9.71. The second-order valence-corrected chi connectivity index (χ2v) is 9.71. The molecule has 0 saturated carbocycles. The molecule has 1 aliphatic heterocycles. The molecular formula is C31H34N3NiO4+. The van der Waals surface area contributed by atoms with E-state index in [2.05, 4.69) is 22.3 Å². The van der Waals surface area contributed by atoms with Crippen molar-refractivity contribution in [3.63, 3.8) is 0 Å². The molecule has 3 aromatic rings. The van der Waals surface area contributed by atoms with Crippen LogP contribution in [-0.4, -0.2) is 57.9 Å². The van der Waals surface area contributed by atoms with Crippen LogP contribution in [0.4, 0.5) is 5.69 Å². The van der Waals surface area contributed by atoms with Crippen LogP contribution in [0.3, 0.4) is 0 Å². The molecule has 0 spiro atoms. The molecule has 1 heterocycles. The second kappa shape index (κ2) is 14.8. The number of carbonyl (C=O) groups is 2. The summed E-state index contributed by atoms with van der Waals surface area (Å²) >= 11 is 0. The molecule has 39 heavy (non-hydrogen) atoms. The summed E-state index contributed by atoms with van der Waals surface area (Å²) in [5.74, 6) is -0.603. The predicted molar refractivity (Wildman–Crippen MR) is 148 cm³/mol. The van der Waals surface area contributed by atoms with Crippen molar-refractivity contribution in [3.8, 4) is 0 Å². The molecule has 1 saturated heterocycles. The molecular weight excluding hydrogens is 537 g/mol. The maximum atomic E-state index is 13.5. The molecule has 4 rings (SSSR count). The maximum Gasteiger partial charge on any atom is 2.00 e. The molecule has 0 radical (unpaired) electrons. The van der Waals surface area contributed by atoms with Gasteiger partial charge < -0.3 is 25.1 Å². The fourth-order valence-corrected chi connectivity index (χ4v) is 4.90. The van der Waals surface area contributed by atoms with Crippen molar-refractivity contribution in [3.05, 3.63) is 107 Å². The van der Waals surface area contributed by atoms with Crippen molar-refractivity contribution in [2.24, 2.45) is 10.9 Å². The first kappa shape index (κ1) is 30.4. The molecule has 7 nitrogen and oxygen atoms in total. The molecule has 1 aliphatic rings. The standard InChI is InChI=1S/C31H35N3O4.Ni/c1-22(18-20-35)28(31(37)38)33-29(24-13-6-3-7-14-24)25-15-8-9-16-26(25)32-30(36)27-17-10-19-34(27)21-23-11-4-2-5-12-23;/h2-9,11-16,20,22,27-28,31,37-38H,10,17-19,21H2,1H3,(H,32,33,36);/q;+2/p-1/t22?,27-,28?;/m1./s1. The average Bonchev–Trinajstić information content (AvgIpc) is 3.39. The Morgan fingerprint density at radius 1 is 1.03 bits per heavy atom. The number of para-hydroxylation sites is 1. The molecule has 3 aromatic carbocycles. The van der Waals surface area contributed by atoms with Crippen molar-refractivity contribution < 1.29 is 36.3 Å². The third-order valence-electron chi connectivity index (χ3n) is 6.95. The van der Waals surface area contributed by atoms with E-state index < -0.39 is 18.2 Å². The van der Waals surface area contributed by atoms with Crippen LogP contribution in [-0.2, 0) is 32.6 Å². The van der Waals surface area contributed by atoms with Crippen LogP contribution in [0.2, 0.25) is 0 Å². The summed E-state index contributed by atoms with van der Waals surface area (Å²) < 4.78 is 0. The molecule has 0 bridgehead atoms. The Kier molecular flexibility index (Phi) is 11.6. The van der Waals surface area contributed by atoms with Crippen LogP contribution < -0.4 is 0 Å². The van der Waals surface area contributed by atoms with Gasteiger partial charge in [-0.25, -0.2) is 0 Å². The van der Waals surface area contributed by atoms with Gasteiger partial charge in [0.1, 0.15) is 12.3 Å². The molecule has 2 unspecified atom stereocenters. The van der Waals surface area contributed by atoms with Gasteiger partial charge in [-0.05, 0) is 36.4 Å². The number of hydrogen-bond acceptors (Lipinski definition) is 6. The Bertz CT molecular complexity index is 1240. The SMILES string of the molecule is CC(CC=O)C(N=C(c1ccccc1)c1ccccc1[N-]C(=O)[C@H]1CCCN1Cc1ccccc1)C(O)O.[Ni+2]. The molecule has 1 fully saturated rings. The van der Waals surface area contributed by atoms with Crippen molar-refractivity contribution >= 4 is 23.6 Å². The Morgan fingerprint density at radius 3 is 2.33 bits per heavy atom. The topological polar surface area (TPSA) is 104 Å². The van der Waals surface area contributed by atoms with Crippen LogP contribution in [0.5, 0.6) is 0 Å². The number of hydrogen-bond donors (Lipinski definition) is 2. The van der Waals surface area contributed by atoms with Gasteiger partial charge in [-0.15, -0.1) is 5.69 Å². The van der Waals surface area contributed by atoms with Crippen molar-refractivity contribution in [1.29, 1.82) is 0 Å². The van der Waals surface area contributed by atoms with E-state index in [4.69, 9.17) is 4.99 Å². The number of aliphatic imine (C=N–C) groups is 1. The van der Waals surface area contributed by atoms with Crippen LogP contribution in [0, 0.1) is 5.92 Å². The minimum Gasteiger partial charge on any atom is -0.625 e. The normalized spacial score (nSPS) is 17.3. The first-order valence-electron chi connectivity index (χ1n) is 13.0. The average molecular weight is 571 g/mol. The van der Waals surface area contributed by atoms with Gasteiger partial charge in [-0.1, -0.05) is 91.9 Å². The monoisotopic (exact) mass is 570 g/mol. The van der Waals surface area contributed by atoms with Gasteiger partial charge in [-0.3, -0.25) is 9.89 Å². The number of carbonyl (C=O) groups excluding carboxylic acids is 2. The van der Waals surface area contributed by atoms with Crippen molar-refractivity contribution in [2.75, 3.05) is 6.54 Å². The van der Waals surface area contributed by atoms with Gasteiger partial charge >= 0.3 is 16.5 Å². The van der Waals surface area contributed by atoms with E-state index in [1.54, 1.807) is 13.0 Å². The van der Waals surface area contributed by atoms with E-state index in [0.717, 1.165) is 36.8 Å². The Morgan fingerprint density at radius 2 is 1.67 bits per heavy atom. The molecule has 0 aromatic heterocycles. The van der Waals surface area contributed by atoms with Gasteiger partial charge in [0.05, 0.1) is 17.7 Å². The Balaban J connectivity index is 0.00000420. The van der Waals surface area contributed by atoms with Crippen LogP contribution in [0.25, 0.3) is 5.32 Å². The van der Waals surface area contributed by atoms with Crippen molar-refractivity contribution in [2.45, 2.75) is 51.1 Å². The zero-order valence-electron chi connectivity index (χ0n) is 21.9. The van der Waals surface area contributed by atoms with Gasteiger partial charge in [0.2, 0.25) is 0 Å². The zero-order valence-corrected chi connectivity index (χ0v) is 22.9. The number of likely N-dealkylation sites (tertiary alicyclic amines) is 1. The third-order valence-corrected chi connectivity index (χ3v) is 6.95. The molecule has 206 valence electrons. The summed E-state index contributed by atoms with van der Waals surface area (Å²) in [6.07, 6.45) is 0.819. The maximum absolute atomic E-state index is 13.5. The van der Waals surface area contributed by atoms with Gasteiger partial charge in [0.25, 0.3) is 0 Å². The van der Waals surface area contributed by atoms with E-state index >= 15 is 0 Å². The summed E-state index contributed by atoms with van der Waals surface area (Å²) in [5, 5.41) is 24.8. The summed E-state index contributed by atoms with van der Waals surface area (Å²) in [7, 11) is 0. The van der Waals surface area contributed by atoms with Crippen molar-refractivity contribution in [1.82, 2.24) is 4.90 Å². The molecule has 0 aliphatic carbocycles. The Hall–Kier alpha value is -3.16. The summed E-state index contributed by atoms with van der Waals surface area (Å²) in [4.78, 5) is 31.5. The third kappa shape index (κ3) is 7.93.